The van der Waals surface area contributed by atoms with Crippen molar-refractivity contribution in [1.29, 1.82) is 0 Å². The number of pyridine rings is 1. The Balaban J connectivity index is 1.50. The Morgan fingerprint density at radius 2 is 2.00 bits per heavy atom. The summed E-state index contributed by atoms with van der Waals surface area (Å²) in [5.74, 6) is 0.731. The van der Waals surface area contributed by atoms with Crippen LogP contribution in [-0.2, 0) is 17.8 Å². The van der Waals surface area contributed by atoms with Gasteiger partial charge in [-0.1, -0.05) is 30.3 Å². The van der Waals surface area contributed by atoms with Crippen LogP contribution in [0.2, 0.25) is 0 Å². The molecule has 1 atom stereocenters. The Hall–Kier alpha value is -2.64. The second kappa shape index (κ2) is 10.2. The number of hydrogen-bond acceptors (Lipinski definition) is 4. The largest absolute Gasteiger partial charge is 0.396 e. The summed E-state index contributed by atoms with van der Waals surface area (Å²) in [6.07, 6.45) is 3.47. The number of nitrogens with zero attached hydrogens (tertiary/aromatic N) is 2. The number of aliphatic hydroxyl groups is 1. The summed E-state index contributed by atoms with van der Waals surface area (Å²) < 4.78 is 7.23. The van der Waals surface area contributed by atoms with E-state index in [0.717, 1.165) is 43.1 Å². The summed E-state index contributed by atoms with van der Waals surface area (Å²) in [4.78, 5) is 16.1. The third-order valence-corrected chi connectivity index (χ3v) is 5.42. The van der Waals surface area contributed by atoms with E-state index in [1.54, 1.807) is 29.9 Å². The molecule has 0 aliphatic carbocycles. The molecule has 7 heteroatoms. The van der Waals surface area contributed by atoms with E-state index in [0.29, 0.717) is 19.7 Å². The topological polar surface area (TPSA) is 87.9 Å². The van der Waals surface area contributed by atoms with Gasteiger partial charge in [0.15, 0.2) is 5.96 Å². The second-order valence-corrected chi connectivity index (χ2v) is 7.54. The molecule has 1 aromatic carbocycles. The summed E-state index contributed by atoms with van der Waals surface area (Å²) in [6.45, 7) is 3.51. The lowest BCUT2D eigenvalue weighted by Gasteiger charge is -2.27. The molecular formula is C22H30N4O3. The summed E-state index contributed by atoms with van der Waals surface area (Å²) in [6, 6.07) is 13.4. The number of aromatic nitrogens is 1. The van der Waals surface area contributed by atoms with Gasteiger partial charge in [-0.2, -0.15) is 0 Å². The van der Waals surface area contributed by atoms with Crippen LogP contribution in [0.1, 0.15) is 24.0 Å². The molecule has 2 aromatic rings. The molecule has 2 heterocycles. The van der Waals surface area contributed by atoms with Gasteiger partial charge in [0.25, 0.3) is 5.56 Å². The third kappa shape index (κ3) is 5.92. The molecule has 7 nitrogen and oxygen atoms in total. The van der Waals surface area contributed by atoms with Gasteiger partial charge < -0.3 is 25.0 Å². The van der Waals surface area contributed by atoms with Crippen LogP contribution in [0.15, 0.2) is 58.4 Å². The molecule has 0 bridgehead atoms. The second-order valence-electron chi connectivity index (χ2n) is 7.54. The van der Waals surface area contributed by atoms with Crippen LogP contribution in [0.3, 0.4) is 0 Å². The minimum Gasteiger partial charge on any atom is -0.396 e. The molecule has 1 saturated heterocycles. The van der Waals surface area contributed by atoms with Gasteiger partial charge in [-0.05, 0) is 30.0 Å². The van der Waals surface area contributed by atoms with Crippen molar-refractivity contribution in [2.45, 2.75) is 25.9 Å². The van der Waals surface area contributed by atoms with Crippen molar-refractivity contribution in [3.63, 3.8) is 0 Å². The monoisotopic (exact) mass is 398 g/mol. The molecule has 0 amide bonds. The predicted octanol–water partition coefficient (Wildman–Crippen LogP) is 1.35. The van der Waals surface area contributed by atoms with E-state index in [4.69, 9.17) is 4.74 Å². The highest BCUT2D eigenvalue weighted by Gasteiger charge is 2.34. The first-order valence-corrected chi connectivity index (χ1v) is 10.0. The molecular weight excluding hydrogens is 368 g/mol. The molecule has 1 fully saturated rings. The fourth-order valence-corrected chi connectivity index (χ4v) is 3.54. The van der Waals surface area contributed by atoms with Crippen molar-refractivity contribution >= 4 is 5.96 Å². The van der Waals surface area contributed by atoms with E-state index in [1.165, 1.54) is 0 Å². The Labute approximate surface area is 171 Å². The first-order chi connectivity index (χ1) is 14.1. The van der Waals surface area contributed by atoms with Crippen molar-refractivity contribution in [2.75, 3.05) is 33.4 Å². The molecule has 3 rings (SSSR count). The standard InChI is InChI=1S/C22H30N4O3/c1-23-21(25-16-22(9-12-27)10-13-29-17-22)24-14-18-5-7-19(8-6-18)15-26-11-3-2-4-20(26)28/h2-8,11,27H,9-10,12-17H2,1H3,(H2,23,24,25). The summed E-state index contributed by atoms with van der Waals surface area (Å²) in [5, 5.41) is 16.0. The van der Waals surface area contributed by atoms with E-state index in [9.17, 15) is 9.90 Å². The van der Waals surface area contributed by atoms with Crippen molar-refractivity contribution in [3.05, 3.63) is 70.1 Å². The van der Waals surface area contributed by atoms with Crippen LogP contribution in [0.25, 0.3) is 0 Å². The number of hydrogen-bond donors (Lipinski definition) is 3. The van der Waals surface area contributed by atoms with Crippen LogP contribution in [0.4, 0.5) is 0 Å². The zero-order valence-corrected chi connectivity index (χ0v) is 16.9. The van der Waals surface area contributed by atoms with E-state index >= 15 is 0 Å². The molecule has 1 aliphatic rings. The molecule has 0 spiro atoms. The quantitative estimate of drug-likeness (QED) is 0.462. The molecule has 3 N–H and O–H groups in total. The number of benzene rings is 1. The maximum Gasteiger partial charge on any atom is 0.250 e. The Morgan fingerprint density at radius 3 is 2.66 bits per heavy atom. The van der Waals surface area contributed by atoms with Crippen LogP contribution in [0, 0.1) is 5.41 Å². The number of nitrogens with one attached hydrogen (secondary N) is 2. The lowest BCUT2D eigenvalue weighted by Crippen LogP contribution is -2.44. The summed E-state index contributed by atoms with van der Waals surface area (Å²) >= 11 is 0. The van der Waals surface area contributed by atoms with Gasteiger partial charge in [0.1, 0.15) is 0 Å². The summed E-state index contributed by atoms with van der Waals surface area (Å²) in [5.41, 5.74) is 2.19. The predicted molar refractivity (Wildman–Crippen MR) is 114 cm³/mol. The maximum absolute atomic E-state index is 11.8. The number of aliphatic imine (C=N–C) groups is 1. The van der Waals surface area contributed by atoms with E-state index in [-0.39, 0.29) is 17.6 Å². The highest BCUT2D eigenvalue weighted by atomic mass is 16.5. The average Bonchev–Trinajstić information content (AvgIpc) is 3.20. The lowest BCUT2D eigenvalue weighted by molar-refractivity contribution is 0.127. The van der Waals surface area contributed by atoms with Gasteiger partial charge in [-0.25, -0.2) is 0 Å². The summed E-state index contributed by atoms with van der Waals surface area (Å²) in [7, 11) is 1.75. The molecule has 0 saturated carbocycles. The Morgan fingerprint density at radius 1 is 1.21 bits per heavy atom. The van der Waals surface area contributed by atoms with Gasteiger partial charge in [0, 0.05) is 51.0 Å². The minimum atomic E-state index is -0.0243. The lowest BCUT2D eigenvalue weighted by atomic mass is 9.84. The average molecular weight is 399 g/mol. The molecule has 156 valence electrons. The van der Waals surface area contributed by atoms with Crippen molar-refractivity contribution in [3.8, 4) is 0 Å². The first-order valence-electron chi connectivity index (χ1n) is 10.0. The van der Waals surface area contributed by atoms with Gasteiger partial charge in [0.2, 0.25) is 0 Å². The number of guanidine groups is 1. The molecule has 0 radical (unpaired) electrons. The fourth-order valence-electron chi connectivity index (χ4n) is 3.54. The van der Waals surface area contributed by atoms with Crippen LogP contribution in [0.5, 0.6) is 0 Å². The fraction of sp³-hybridized carbons (Fsp3) is 0.455. The number of rotatable bonds is 8. The Kier molecular flexibility index (Phi) is 7.43. The van der Waals surface area contributed by atoms with Crippen molar-refractivity contribution < 1.29 is 9.84 Å². The molecule has 1 unspecified atom stereocenters. The van der Waals surface area contributed by atoms with E-state index in [1.807, 2.05) is 18.2 Å². The molecule has 1 aliphatic heterocycles. The Bertz CT molecular complexity index is 855. The molecule has 29 heavy (non-hydrogen) atoms. The molecule has 1 aromatic heterocycles. The SMILES string of the molecule is CN=C(NCc1ccc(Cn2ccccc2=O)cc1)NCC1(CCO)CCOC1. The zero-order chi connectivity index (χ0) is 20.5. The van der Waals surface area contributed by atoms with Crippen molar-refractivity contribution in [1.82, 2.24) is 15.2 Å². The zero-order valence-electron chi connectivity index (χ0n) is 16.9. The van der Waals surface area contributed by atoms with Gasteiger partial charge >= 0.3 is 0 Å². The van der Waals surface area contributed by atoms with E-state index < -0.39 is 0 Å². The normalized spacial score (nSPS) is 19.3. The van der Waals surface area contributed by atoms with Gasteiger partial charge in [-0.3, -0.25) is 9.79 Å². The van der Waals surface area contributed by atoms with Crippen LogP contribution in [-0.4, -0.2) is 49.0 Å². The van der Waals surface area contributed by atoms with Gasteiger partial charge in [-0.15, -0.1) is 0 Å². The maximum atomic E-state index is 11.8. The minimum absolute atomic E-state index is 0.000232. The first kappa shape index (κ1) is 21.1. The van der Waals surface area contributed by atoms with Gasteiger partial charge in [0.05, 0.1) is 13.2 Å². The van der Waals surface area contributed by atoms with Crippen molar-refractivity contribution in [2.24, 2.45) is 10.4 Å². The van der Waals surface area contributed by atoms with Crippen LogP contribution >= 0.6 is 0 Å². The smallest absolute Gasteiger partial charge is 0.250 e. The van der Waals surface area contributed by atoms with E-state index in [2.05, 4.69) is 27.8 Å². The third-order valence-electron chi connectivity index (χ3n) is 5.42. The number of ether oxygens (including phenoxy) is 1. The number of aliphatic hydroxyl groups excluding tert-OH is 1. The highest BCUT2D eigenvalue weighted by Crippen LogP contribution is 2.31. The van der Waals surface area contributed by atoms with Crippen LogP contribution < -0.4 is 16.2 Å². The highest BCUT2D eigenvalue weighted by molar-refractivity contribution is 5.79.